The largest absolute Gasteiger partial charge is 0.384 e. The summed E-state index contributed by atoms with van der Waals surface area (Å²) in [4.78, 5) is 15.6. The Morgan fingerprint density at radius 1 is 1.56 bits per heavy atom. The number of pyridine rings is 1. The van der Waals surface area contributed by atoms with Gasteiger partial charge in [-0.15, -0.1) is 0 Å². The third-order valence-electron chi connectivity index (χ3n) is 2.94. The van der Waals surface area contributed by atoms with Crippen molar-refractivity contribution in [3.63, 3.8) is 0 Å². The molecular formula is C12H17N3O. The molecule has 0 saturated heterocycles. The van der Waals surface area contributed by atoms with Crippen LogP contribution in [0.5, 0.6) is 0 Å². The summed E-state index contributed by atoms with van der Waals surface area (Å²) in [5.41, 5.74) is 12.4. The molecule has 0 aliphatic heterocycles. The summed E-state index contributed by atoms with van der Waals surface area (Å²) in [6, 6.07) is 3.60. The van der Waals surface area contributed by atoms with Crippen molar-refractivity contribution in [2.75, 3.05) is 5.73 Å². The number of nitrogen functional groups attached to an aromatic ring is 1. The molecule has 1 fully saturated rings. The Morgan fingerprint density at radius 3 is 2.94 bits per heavy atom. The highest BCUT2D eigenvalue weighted by Crippen LogP contribution is 2.32. The van der Waals surface area contributed by atoms with Crippen molar-refractivity contribution in [2.24, 2.45) is 11.7 Å². The molecule has 1 aliphatic carbocycles. The number of Topliss-reactive ketones (excluding diaryl/α,β-unsaturated/α-hetero) is 1. The third kappa shape index (κ3) is 3.03. The molecule has 4 nitrogen and oxygen atoms in total. The maximum atomic E-state index is 11.7. The number of carbonyl (C=O) groups is 1. The van der Waals surface area contributed by atoms with E-state index in [9.17, 15) is 4.79 Å². The lowest BCUT2D eigenvalue weighted by molar-refractivity contribution is -0.118. The van der Waals surface area contributed by atoms with Crippen molar-refractivity contribution in [2.45, 2.75) is 31.7 Å². The van der Waals surface area contributed by atoms with E-state index in [1.165, 1.54) is 12.8 Å². The molecule has 0 radical (unpaired) electrons. The Morgan fingerprint density at radius 2 is 2.31 bits per heavy atom. The lowest BCUT2D eigenvalue weighted by atomic mass is 10.0. The fourth-order valence-corrected chi connectivity index (χ4v) is 1.86. The number of nitrogens with two attached hydrogens (primary N) is 2. The first-order valence-corrected chi connectivity index (χ1v) is 5.63. The monoisotopic (exact) mass is 219 g/mol. The van der Waals surface area contributed by atoms with Gasteiger partial charge in [-0.05, 0) is 36.5 Å². The van der Waals surface area contributed by atoms with Gasteiger partial charge in [-0.25, -0.2) is 4.98 Å². The van der Waals surface area contributed by atoms with Crippen LogP contribution < -0.4 is 11.5 Å². The average molecular weight is 219 g/mol. The van der Waals surface area contributed by atoms with Gasteiger partial charge < -0.3 is 11.5 Å². The van der Waals surface area contributed by atoms with Crippen molar-refractivity contribution < 1.29 is 4.79 Å². The molecular weight excluding hydrogens is 202 g/mol. The minimum Gasteiger partial charge on any atom is -0.384 e. The number of carbonyl (C=O) groups excluding carboxylic acids is 1. The first kappa shape index (κ1) is 11.1. The zero-order valence-electron chi connectivity index (χ0n) is 9.23. The zero-order valence-corrected chi connectivity index (χ0v) is 9.23. The third-order valence-corrected chi connectivity index (χ3v) is 2.94. The number of aromatic nitrogens is 1. The highest BCUT2D eigenvalue weighted by atomic mass is 16.1. The standard InChI is InChI=1S/C12H17N3O/c13-11(9-1-2-9)7-10(16)5-8-3-4-15-12(14)6-8/h3-4,6,9,11H,1-2,5,7,13H2,(H2,14,15). The molecule has 2 rings (SSSR count). The van der Waals surface area contributed by atoms with Gasteiger partial charge in [0.1, 0.15) is 11.6 Å². The maximum Gasteiger partial charge on any atom is 0.138 e. The fraction of sp³-hybridized carbons (Fsp3) is 0.500. The van der Waals surface area contributed by atoms with E-state index in [1.54, 1.807) is 12.3 Å². The predicted octanol–water partition coefficient (Wildman–Crippen LogP) is 0.903. The van der Waals surface area contributed by atoms with Crippen LogP contribution in [-0.2, 0) is 11.2 Å². The van der Waals surface area contributed by atoms with E-state index in [0.717, 1.165) is 5.56 Å². The summed E-state index contributed by atoms with van der Waals surface area (Å²) in [7, 11) is 0. The van der Waals surface area contributed by atoms with Gasteiger partial charge in [-0.2, -0.15) is 0 Å². The van der Waals surface area contributed by atoms with Crippen LogP contribution in [0.25, 0.3) is 0 Å². The van der Waals surface area contributed by atoms with Crippen molar-refractivity contribution in [3.8, 4) is 0 Å². The van der Waals surface area contributed by atoms with E-state index in [-0.39, 0.29) is 11.8 Å². The van der Waals surface area contributed by atoms with Crippen LogP contribution in [0.4, 0.5) is 5.82 Å². The molecule has 1 aromatic rings. The first-order valence-electron chi connectivity index (χ1n) is 5.63. The summed E-state index contributed by atoms with van der Waals surface area (Å²) in [5, 5.41) is 0. The number of nitrogens with zero attached hydrogens (tertiary/aromatic N) is 1. The second kappa shape index (κ2) is 4.61. The molecule has 1 aliphatic rings. The van der Waals surface area contributed by atoms with Crippen LogP contribution in [-0.4, -0.2) is 16.8 Å². The molecule has 0 aromatic carbocycles. The van der Waals surface area contributed by atoms with Crippen LogP contribution in [0.15, 0.2) is 18.3 Å². The fourth-order valence-electron chi connectivity index (χ4n) is 1.86. The second-order valence-corrected chi connectivity index (χ2v) is 4.51. The SMILES string of the molecule is Nc1cc(CC(=O)CC(N)C2CC2)ccn1. The van der Waals surface area contributed by atoms with E-state index in [2.05, 4.69) is 4.98 Å². The Labute approximate surface area is 95.0 Å². The van der Waals surface area contributed by atoms with Crippen LogP contribution in [0.2, 0.25) is 0 Å². The molecule has 1 heterocycles. The lowest BCUT2D eigenvalue weighted by Gasteiger charge is -2.08. The van der Waals surface area contributed by atoms with E-state index in [1.807, 2.05) is 6.07 Å². The molecule has 86 valence electrons. The molecule has 0 bridgehead atoms. The van der Waals surface area contributed by atoms with Gasteiger partial charge in [0.05, 0.1) is 0 Å². The smallest absolute Gasteiger partial charge is 0.138 e. The van der Waals surface area contributed by atoms with Gasteiger partial charge >= 0.3 is 0 Å². The summed E-state index contributed by atoms with van der Waals surface area (Å²) in [6.45, 7) is 0. The van der Waals surface area contributed by atoms with Crippen molar-refractivity contribution in [1.82, 2.24) is 4.98 Å². The minimum absolute atomic E-state index is 0.0479. The van der Waals surface area contributed by atoms with Crippen molar-refractivity contribution in [1.29, 1.82) is 0 Å². The summed E-state index contributed by atoms with van der Waals surface area (Å²) < 4.78 is 0. The molecule has 16 heavy (non-hydrogen) atoms. The number of hydrogen-bond acceptors (Lipinski definition) is 4. The summed E-state index contributed by atoms with van der Waals surface area (Å²) >= 11 is 0. The van der Waals surface area contributed by atoms with Crippen molar-refractivity contribution in [3.05, 3.63) is 23.9 Å². The molecule has 4 N–H and O–H groups in total. The van der Waals surface area contributed by atoms with Gasteiger partial charge in [0.15, 0.2) is 0 Å². The average Bonchev–Trinajstić information content (AvgIpc) is 2.99. The molecule has 1 saturated carbocycles. The quantitative estimate of drug-likeness (QED) is 0.771. The van der Waals surface area contributed by atoms with E-state index >= 15 is 0 Å². The topological polar surface area (TPSA) is 82.0 Å². The van der Waals surface area contributed by atoms with E-state index in [4.69, 9.17) is 11.5 Å². The Balaban J connectivity index is 1.86. The summed E-state index contributed by atoms with van der Waals surface area (Å²) in [5.74, 6) is 1.22. The number of hydrogen-bond donors (Lipinski definition) is 2. The van der Waals surface area contributed by atoms with Crippen molar-refractivity contribution >= 4 is 11.6 Å². The van der Waals surface area contributed by atoms with Gasteiger partial charge in [-0.1, -0.05) is 0 Å². The maximum absolute atomic E-state index is 11.7. The Kier molecular flexibility index (Phi) is 3.19. The molecule has 0 spiro atoms. The van der Waals surface area contributed by atoms with Gasteiger partial charge in [0.25, 0.3) is 0 Å². The van der Waals surface area contributed by atoms with E-state index in [0.29, 0.717) is 24.6 Å². The molecule has 4 heteroatoms. The van der Waals surface area contributed by atoms with Crippen LogP contribution in [0.3, 0.4) is 0 Å². The Bertz CT molecular complexity index is 388. The highest BCUT2D eigenvalue weighted by molar-refractivity contribution is 5.81. The molecule has 0 amide bonds. The molecule has 1 aromatic heterocycles. The Hall–Kier alpha value is -1.42. The van der Waals surface area contributed by atoms with Crippen LogP contribution in [0.1, 0.15) is 24.8 Å². The van der Waals surface area contributed by atoms with Crippen LogP contribution in [0, 0.1) is 5.92 Å². The molecule has 1 unspecified atom stereocenters. The van der Waals surface area contributed by atoms with Crippen LogP contribution >= 0.6 is 0 Å². The van der Waals surface area contributed by atoms with Gasteiger partial charge in [-0.3, -0.25) is 4.79 Å². The van der Waals surface area contributed by atoms with Gasteiger partial charge in [0.2, 0.25) is 0 Å². The van der Waals surface area contributed by atoms with E-state index < -0.39 is 0 Å². The molecule has 1 atom stereocenters. The first-order chi connectivity index (χ1) is 7.65. The summed E-state index contributed by atoms with van der Waals surface area (Å²) in [6.07, 6.45) is 4.87. The number of ketones is 1. The zero-order chi connectivity index (χ0) is 11.5. The number of rotatable bonds is 5. The predicted molar refractivity (Wildman–Crippen MR) is 62.7 cm³/mol. The highest BCUT2D eigenvalue weighted by Gasteiger charge is 2.29. The lowest BCUT2D eigenvalue weighted by Crippen LogP contribution is -2.26. The second-order valence-electron chi connectivity index (χ2n) is 4.51. The minimum atomic E-state index is 0.0479. The number of anilines is 1. The normalized spacial score (nSPS) is 17.1. The van der Waals surface area contributed by atoms with Gasteiger partial charge in [0, 0.05) is 25.1 Å².